The third-order valence-corrected chi connectivity index (χ3v) is 6.79. The summed E-state index contributed by atoms with van der Waals surface area (Å²) < 4.78 is 12.5. The van der Waals surface area contributed by atoms with Crippen molar-refractivity contribution in [2.75, 3.05) is 12.8 Å². The van der Waals surface area contributed by atoms with Crippen LogP contribution in [0.4, 0.5) is 0 Å². The summed E-state index contributed by atoms with van der Waals surface area (Å²) in [6, 6.07) is 6.60. The minimum absolute atomic E-state index is 0.135. The first-order valence-electron chi connectivity index (χ1n) is 7.65. The number of nitrogens with zero attached hydrogens (tertiary/aromatic N) is 1. The summed E-state index contributed by atoms with van der Waals surface area (Å²) in [5, 5.41) is 1.23. The van der Waals surface area contributed by atoms with Crippen LogP contribution in [0.15, 0.2) is 18.2 Å². The minimum atomic E-state index is -2.01. The fourth-order valence-corrected chi connectivity index (χ4v) is 5.10. The molecule has 1 aromatic carbocycles. The van der Waals surface area contributed by atoms with Gasteiger partial charge >= 0.3 is 0 Å². The molecule has 0 saturated carbocycles. The number of hydrogen-bond donors (Lipinski definition) is 0. The molecule has 0 amide bonds. The van der Waals surface area contributed by atoms with Gasteiger partial charge < -0.3 is 4.57 Å². The van der Waals surface area contributed by atoms with E-state index in [0.717, 1.165) is 30.0 Å². The van der Waals surface area contributed by atoms with Crippen LogP contribution in [0, 0.1) is 6.92 Å². The number of pyridine rings is 1. The smallest absolute Gasteiger partial charge is 0.0894 e. The first-order chi connectivity index (χ1) is 9.67. The molecular weight excluding hydrogens is 277 g/mol. The second-order valence-electron chi connectivity index (χ2n) is 7.57. The van der Waals surface area contributed by atoms with Gasteiger partial charge in [0, 0.05) is 23.4 Å². The van der Waals surface area contributed by atoms with Gasteiger partial charge in [-0.1, -0.05) is 26.8 Å². The minimum Gasteiger partial charge on any atom is -0.323 e. The van der Waals surface area contributed by atoms with Crippen LogP contribution in [0.1, 0.15) is 43.2 Å². The summed E-state index contributed by atoms with van der Waals surface area (Å²) in [7, 11) is -2.01. The summed E-state index contributed by atoms with van der Waals surface area (Å²) in [5.74, 6) is 0. The fourth-order valence-electron chi connectivity index (χ4n) is 3.16. The Morgan fingerprint density at radius 3 is 2.62 bits per heavy atom. The zero-order valence-corrected chi connectivity index (χ0v) is 14.6. The molecule has 0 fully saturated rings. The van der Waals surface area contributed by atoms with Crippen LogP contribution < -0.4 is 0 Å². The van der Waals surface area contributed by atoms with Gasteiger partial charge in [-0.15, -0.1) is 0 Å². The SMILES string of the molecule is Cc1c2c(nc3ccc(C(C)(C)C)cc13)CCP(C)(=O)C2. The third-order valence-electron chi connectivity index (χ3n) is 4.64. The highest BCUT2D eigenvalue weighted by Gasteiger charge is 2.27. The Labute approximate surface area is 127 Å². The van der Waals surface area contributed by atoms with Crippen molar-refractivity contribution in [3.8, 4) is 0 Å². The van der Waals surface area contributed by atoms with Crippen molar-refractivity contribution in [3.05, 3.63) is 40.6 Å². The van der Waals surface area contributed by atoms with E-state index >= 15 is 0 Å². The molecule has 2 heterocycles. The first kappa shape index (κ1) is 14.8. The Morgan fingerprint density at radius 2 is 1.95 bits per heavy atom. The average molecular weight is 301 g/mol. The Morgan fingerprint density at radius 1 is 1.24 bits per heavy atom. The molecule has 2 nitrogen and oxygen atoms in total. The molecule has 2 aromatic rings. The standard InChI is InChI=1S/C18H24NOP/c1-12-14-10-13(18(2,3)4)6-7-16(14)19-17-8-9-21(5,20)11-15(12)17/h6-7,10H,8-9,11H2,1-5H3. The highest BCUT2D eigenvalue weighted by molar-refractivity contribution is 7.62. The number of fused-ring (bicyclic) bond motifs is 2. The van der Waals surface area contributed by atoms with Crippen LogP contribution in [0.3, 0.4) is 0 Å². The Balaban J connectivity index is 2.24. The largest absolute Gasteiger partial charge is 0.323 e. The van der Waals surface area contributed by atoms with Gasteiger partial charge in [0.05, 0.1) is 12.7 Å². The average Bonchev–Trinajstić information content (AvgIpc) is 2.38. The van der Waals surface area contributed by atoms with Crippen LogP contribution in [-0.2, 0) is 22.6 Å². The van der Waals surface area contributed by atoms with Crippen LogP contribution in [0.25, 0.3) is 10.9 Å². The van der Waals surface area contributed by atoms with Crippen molar-refractivity contribution in [2.24, 2.45) is 0 Å². The second kappa shape index (κ2) is 4.68. The number of benzene rings is 1. The Kier molecular flexibility index (Phi) is 3.29. The summed E-state index contributed by atoms with van der Waals surface area (Å²) in [5.41, 5.74) is 6.23. The van der Waals surface area contributed by atoms with E-state index < -0.39 is 7.14 Å². The summed E-state index contributed by atoms with van der Waals surface area (Å²) in [6.45, 7) is 10.8. The van der Waals surface area contributed by atoms with Gasteiger partial charge in [0.2, 0.25) is 0 Å². The van der Waals surface area contributed by atoms with Gasteiger partial charge in [0.15, 0.2) is 0 Å². The molecule has 1 aromatic heterocycles. The van der Waals surface area contributed by atoms with Crippen molar-refractivity contribution in [2.45, 2.75) is 45.7 Å². The molecule has 1 aliphatic heterocycles. The molecule has 21 heavy (non-hydrogen) atoms. The number of rotatable bonds is 0. The van der Waals surface area contributed by atoms with Crippen molar-refractivity contribution in [1.82, 2.24) is 4.98 Å². The molecule has 0 radical (unpaired) electrons. The van der Waals surface area contributed by atoms with Gasteiger partial charge in [-0.05, 0) is 54.2 Å². The third kappa shape index (κ3) is 2.66. The van der Waals surface area contributed by atoms with Gasteiger partial charge in [-0.25, -0.2) is 0 Å². The highest BCUT2D eigenvalue weighted by Crippen LogP contribution is 2.50. The molecule has 112 valence electrons. The van der Waals surface area contributed by atoms with Crippen LogP contribution in [-0.4, -0.2) is 17.8 Å². The highest BCUT2D eigenvalue weighted by atomic mass is 31.2. The second-order valence-corrected chi connectivity index (χ2v) is 10.9. The number of aryl methyl sites for hydroxylation is 2. The molecule has 3 heteroatoms. The summed E-state index contributed by atoms with van der Waals surface area (Å²) in [4.78, 5) is 4.84. The lowest BCUT2D eigenvalue weighted by molar-refractivity contribution is 0.574. The number of hydrogen-bond acceptors (Lipinski definition) is 2. The van der Waals surface area contributed by atoms with Gasteiger partial charge in [0.25, 0.3) is 0 Å². The van der Waals surface area contributed by atoms with Crippen molar-refractivity contribution in [1.29, 1.82) is 0 Å². The predicted octanol–water partition coefficient (Wildman–Crippen LogP) is 4.89. The van der Waals surface area contributed by atoms with Gasteiger partial charge in [-0.2, -0.15) is 0 Å². The molecule has 0 spiro atoms. The molecular formula is C18H24NOP. The quantitative estimate of drug-likeness (QED) is 0.648. The maximum atomic E-state index is 12.5. The topological polar surface area (TPSA) is 30.0 Å². The van der Waals surface area contributed by atoms with Crippen LogP contribution in [0.5, 0.6) is 0 Å². The maximum Gasteiger partial charge on any atom is 0.0894 e. The number of aromatic nitrogens is 1. The van der Waals surface area contributed by atoms with E-state index in [0.29, 0.717) is 0 Å². The molecule has 0 bridgehead atoms. The van der Waals surface area contributed by atoms with Crippen LogP contribution in [0.2, 0.25) is 0 Å². The van der Waals surface area contributed by atoms with E-state index in [-0.39, 0.29) is 5.41 Å². The first-order valence-corrected chi connectivity index (χ1v) is 10.2. The zero-order chi connectivity index (χ0) is 15.4. The van der Waals surface area contributed by atoms with Crippen molar-refractivity contribution < 1.29 is 4.57 Å². The van der Waals surface area contributed by atoms with E-state index in [9.17, 15) is 4.57 Å². The Bertz CT molecular complexity index is 771. The summed E-state index contributed by atoms with van der Waals surface area (Å²) in [6.07, 6.45) is 2.38. The van der Waals surface area contributed by atoms with Gasteiger partial charge in [-0.3, -0.25) is 4.98 Å². The van der Waals surface area contributed by atoms with Crippen molar-refractivity contribution in [3.63, 3.8) is 0 Å². The molecule has 0 saturated heterocycles. The Hall–Kier alpha value is -1.14. The lowest BCUT2D eigenvalue weighted by Gasteiger charge is -2.25. The summed E-state index contributed by atoms with van der Waals surface area (Å²) >= 11 is 0. The molecule has 3 rings (SSSR count). The molecule has 0 aliphatic carbocycles. The van der Waals surface area contributed by atoms with E-state index in [2.05, 4.69) is 45.9 Å². The lowest BCUT2D eigenvalue weighted by atomic mass is 9.85. The van der Waals surface area contributed by atoms with E-state index in [1.165, 1.54) is 22.1 Å². The van der Waals surface area contributed by atoms with E-state index in [4.69, 9.17) is 4.98 Å². The van der Waals surface area contributed by atoms with Crippen LogP contribution >= 0.6 is 7.14 Å². The molecule has 0 N–H and O–H groups in total. The fraction of sp³-hybridized carbons (Fsp3) is 0.500. The predicted molar refractivity (Wildman–Crippen MR) is 91.0 cm³/mol. The molecule has 1 unspecified atom stereocenters. The zero-order valence-electron chi connectivity index (χ0n) is 13.7. The normalized spacial score (nSPS) is 22.3. The van der Waals surface area contributed by atoms with Crippen molar-refractivity contribution >= 4 is 18.0 Å². The molecule has 1 aliphatic rings. The monoisotopic (exact) mass is 301 g/mol. The maximum absolute atomic E-state index is 12.5. The van der Waals surface area contributed by atoms with E-state index in [1.807, 2.05) is 6.66 Å². The lowest BCUT2D eigenvalue weighted by Crippen LogP contribution is -2.13. The van der Waals surface area contributed by atoms with Gasteiger partial charge in [0.1, 0.15) is 0 Å². The molecule has 1 atom stereocenters. The van der Waals surface area contributed by atoms with E-state index in [1.54, 1.807) is 0 Å².